The Morgan fingerprint density at radius 1 is 1.16 bits per heavy atom. The van der Waals surface area contributed by atoms with Gasteiger partial charge in [-0.1, -0.05) is 61.7 Å². The molecule has 31 heavy (non-hydrogen) atoms. The highest BCUT2D eigenvalue weighted by atomic mass is 35.5. The third kappa shape index (κ3) is 5.85. The van der Waals surface area contributed by atoms with E-state index in [1.54, 1.807) is 11.0 Å². The molecule has 2 aromatic rings. The number of nitrogens with one attached hydrogen (secondary N) is 1. The van der Waals surface area contributed by atoms with Crippen molar-refractivity contribution in [3.05, 3.63) is 70.0 Å². The first-order valence-electron chi connectivity index (χ1n) is 11.0. The van der Waals surface area contributed by atoms with E-state index >= 15 is 0 Å². The average molecular weight is 445 g/mol. The van der Waals surface area contributed by atoms with Gasteiger partial charge in [0.15, 0.2) is 0 Å². The monoisotopic (exact) mass is 444 g/mol. The van der Waals surface area contributed by atoms with Crippen molar-refractivity contribution in [2.24, 2.45) is 0 Å². The lowest BCUT2D eigenvalue weighted by Crippen LogP contribution is -2.51. The van der Waals surface area contributed by atoms with Crippen LogP contribution in [0.1, 0.15) is 55.7 Å². The van der Waals surface area contributed by atoms with Gasteiger partial charge in [-0.05, 0) is 49.4 Å². The molecule has 4 nitrogen and oxygen atoms in total. The minimum Gasteiger partial charge on any atom is -0.352 e. The summed E-state index contributed by atoms with van der Waals surface area (Å²) in [5.41, 5.74) is 2.16. The molecule has 1 atom stereocenters. The van der Waals surface area contributed by atoms with Crippen LogP contribution in [0.25, 0.3) is 0 Å². The number of hydrogen-bond donors (Lipinski definition) is 1. The number of rotatable bonds is 8. The number of amides is 2. The van der Waals surface area contributed by atoms with Gasteiger partial charge in [0.25, 0.3) is 0 Å². The Labute approximate surface area is 188 Å². The third-order valence-corrected chi connectivity index (χ3v) is 6.43. The van der Waals surface area contributed by atoms with Gasteiger partial charge in [-0.15, -0.1) is 0 Å². The van der Waals surface area contributed by atoms with Crippen LogP contribution in [0.15, 0.2) is 42.5 Å². The number of nitrogens with zero attached hydrogens (tertiary/aromatic N) is 1. The average Bonchev–Trinajstić information content (AvgIpc) is 3.25. The molecule has 0 saturated heterocycles. The molecule has 0 unspecified atom stereocenters. The summed E-state index contributed by atoms with van der Waals surface area (Å²) in [5.74, 6) is -0.972. The summed E-state index contributed by atoms with van der Waals surface area (Å²) in [5, 5.41) is 3.33. The lowest BCUT2D eigenvalue weighted by Gasteiger charge is -2.32. The third-order valence-electron chi connectivity index (χ3n) is 6.08. The van der Waals surface area contributed by atoms with E-state index in [2.05, 4.69) is 5.32 Å². The highest BCUT2D eigenvalue weighted by Gasteiger charge is 2.31. The van der Waals surface area contributed by atoms with E-state index in [0.29, 0.717) is 6.42 Å². The molecule has 0 aliphatic heterocycles. The molecule has 1 saturated carbocycles. The van der Waals surface area contributed by atoms with Gasteiger partial charge in [-0.3, -0.25) is 9.59 Å². The van der Waals surface area contributed by atoms with Crippen LogP contribution in [0.2, 0.25) is 5.02 Å². The van der Waals surface area contributed by atoms with E-state index in [1.165, 1.54) is 12.1 Å². The van der Waals surface area contributed by atoms with Crippen molar-refractivity contribution in [1.82, 2.24) is 10.2 Å². The summed E-state index contributed by atoms with van der Waals surface area (Å²) in [7, 11) is 0. The molecule has 2 aromatic carbocycles. The minimum absolute atomic E-state index is 0.143. The summed E-state index contributed by atoms with van der Waals surface area (Å²) >= 11 is 6.16. The molecule has 1 N–H and O–H groups in total. The number of benzene rings is 2. The zero-order valence-electron chi connectivity index (χ0n) is 18.2. The van der Waals surface area contributed by atoms with Crippen molar-refractivity contribution >= 4 is 23.4 Å². The summed E-state index contributed by atoms with van der Waals surface area (Å²) in [4.78, 5) is 28.1. The van der Waals surface area contributed by atoms with Crippen molar-refractivity contribution in [3.63, 3.8) is 0 Å². The van der Waals surface area contributed by atoms with Gasteiger partial charge in [-0.2, -0.15) is 0 Å². The zero-order valence-corrected chi connectivity index (χ0v) is 18.9. The standard InChI is InChI=1S/C25H30ClFN2O2/c1-3-23(25(31)28-19-11-6-7-12-19)29(16-18-10-5-4-9-17(18)2)24(30)15-20-21(26)13-8-14-22(20)27/h4-5,8-10,13-14,19,23H,3,6-7,11-12,15-16H2,1-2H3,(H,28,31)/t23-/m1/s1. The van der Waals surface area contributed by atoms with E-state index in [0.717, 1.165) is 36.8 Å². The van der Waals surface area contributed by atoms with Crippen molar-refractivity contribution in [2.45, 2.75) is 71.0 Å². The molecular weight excluding hydrogens is 415 g/mol. The van der Waals surface area contributed by atoms with Gasteiger partial charge in [0, 0.05) is 23.2 Å². The van der Waals surface area contributed by atoms with E-state index in [-0.39, 0.29) is 41.4 Å². The highest BCUT2D eigenvalue weighted by Crippen LogP contribution is 2.23. The number of carbonyl (C=O) groups excluding carboxylic acids is 2. The number of carbonyl (C=O) groups is 2. The Bertz CT molecular complexity index is 907. The maximum atomic E-state index is 14.3. The molecule has 2 amide bonds. The lowest BCUT2D eigenvalue weighted by atomic mass is 10.0. The first-order chi connectivity index (χ1) is 14.9. The van der Waals surface area contributed by atoms with Gasteiger partial charge in [-0.25, -0.2) is 4.39 Å². The van der Waals surface area contributed by atoms with Crippen LogP contribution in [0.5, 0.6) is 0 Å². The van der Waals surface area contributed by atoms with Crippen LogP contribution in [0.4, 0.5) is 4.39 Å². The molecule has 1 aliphatic rings. The van der Waals surface area contributed by atoms with E-state index in [1.807, 2.05) is 38.1 Å². The minimum atomic E-state index is -0.627. The Morgan fingerprint density at radius 2 is 1.87 bits per heavy atom. The second-order valence-corrected chi connectivity index (χ2v) is 8.65. The SMILES string of the molecule is CC[C@H](C(=O)NC1CCCC1)N(Cc1ccccc1C)C(=O)Cc1c(F)cccc1Cl. The smallest absolute Gasteiger partial charge is 0.243 e. The fourth-order valence-corrected chi connectivity index (χ4v) is 4.44. The van der Waals surface area contributed by atoms with Crippen molar-refractivity contribution < 1.29 is 14.0 Å². The van der Waals surface area contributed by atoms with Crippen molar-refractivity contribution in [1.29, 1.82) is 0 Å². The maximum absolute atomic E-state index is 14.3. The first-order valence-corrected chi connectivity index (χ1v) is 11.4. The molecule has 0 aromatic heterocycles. The number of hydrogen-bond acceptors (Lipinski definition) is 2. The van der Waals surface area contributed by atoms with Crippen LogP contribution in [-0.2, 0) is 22.6 Å². The predicted molar refractivity (Wildman–Crippen MR) is 121 cm³/mol. The van der Waals surface area contributed by atoms with Crippen LogP contribution >= 0.6 is 11.6 Å². The van der Waals surface area contributed by atoms with Crippen LogP contribution < -0.4 is 5.32 Å². The Balaban J connectivity index is 1.87. The predicted octanol–water partition coefficient (Wildman–Crippen LogP) is 5.20. The van der Waals surface area contributed by atoms with Gasteiger partial charge < -0.3 is 10.2 Å². The van der Waals surface area contributed by atoms with Crippen LogP contribution in [0.3, 0.4) is 0 Å². The molecule has 166 valence electrons. The number of aryl methyl sites for hydroxylation is 1. The van der Waals surface area contributed by atoms with Gasteiger partial charge in [0.05, 0.1) is 6.42 Å². The van der Waals surface area contributed by atoms with Gasteiger partial charge in [0.1, 0.15) is 11.9 Å². The maximum Gasteiger partial charge on any atom is 0.243 e. The lowest BCUT2D eigenvalue weighted by molar-refractivity contribution is -0.141. The molecule has 3 rings (SSSR count). The summed E-state index contributed by atoms with van der Waals surface area (Å²) < 4.78 is 14.3. The Kier molecular flexibility index (Phi) is 8.08. The molecule has 6 heteroatoms. The molecule has 1 aliphatic carbocycles. The van der Waals surface area contributed by atoms with Gasteiger partial charge >= 0.3 is 0 Å². The normalized spacial score (nSPS) is 15.0. The van der Waals surface area contributed by atoms with Crippen LogP contribution in [0, 0.1) is 12.7 Å². The summed E-state index contributed by atoms with van der Waals surface area (Å²) in [6.07, 6.45) is 4.45. The molecule has 1 fully saturated rings. The van der Waals surface area contributed by atoms with E-state index in [4.69, 9.17) is 11.6 Å². The zero-order chi connectivity index (χ0) is 22.4. The van der Waals surface area contributed by atoms with E-state index < -0.39 is 11.9 Å². The van der Waals surface area contributed by atoms with E-state index in [9.17, 15) is 14.0 Å². The Morgan fingerprint density at radius 3 is 2.52 bits per heavy atom. The second-order valence-electron chi connectivity index (χ2n) is 8.24. The topological polar surface area (TPSA) is 49.4 Å². The molecule has 0 heterocycles. The second kappa shape index (κ2) is 10.8. The van der Waals surface area contributed by atoms with Crippen molar-refractivity contribution in [3.8, 4) is 0 Å². The summed E-state index contributed by atoms with van der Waals surface area (Å²) in [6.45, 7) is 4.16. The fourth-order valence-electron chi connectivity index (χ4n) is 4.21. The van der Waals surface area contributed by atoms with Crippen molar-refractivity contribution in [2.75, 3.05) is 0 Å². The summed E-state index contributed by atoms with van der Waals surface area (Å²) in [6, 6.07) is 11.7. The molecule has 0 radical (unpaired) electrons. The Hall–Kier alpha value is -2.40. The first kappa shape index (κ1) is 23.3. The number of halogens is 2. The highest BCUT2D eigenvalue weighted by molar-refractivity contribution is 6.31. The largest absolute Gasteiger partial charge is 0.352 e. The van der Waals surface area contributed by atoms with Crippen LogP contribution in [-0.4, -0.2) is 28.8 Å². The fraction of sp³-hybridized carbons (Fsp3) is 0.440. The quantitative estimate of drug-likeness (QED) is 0.608. The molecule has 0 spiro atoms. The van der Waals surface area contributed by atoms with Gasteiger partial charge in [0.2, 0.25) is 11.8 Å². The molecular formula is C25H30ClFN2O2. The molecule has 0 bridgehead atoms.